The highest BCUT2D eigenvalue weighted by Gasteiger charge is 2.16. The van der Waals surface area contributed by atoms with E-state index in [2.05, 4.69) is 15.0 Å². The first kappa shape index (κ1) is 25.1. The maximum atomic E-state index is 12.1. The van der Waals surface area contributed by atoms with E-state index in [0.29, 0.717) is 40.1 Å². The molecular formula is C24H25ClN4O4S. The number of benzene rings is 3. The van der Waals surface area contributed by atoms with Gasteiger partial charge in [0.15, 0.2) is 0 Å². The number of pyridine rings is 1. The summed E-state index contributed by atoms with van der Waals surface area (Å²) in [5.41, 5.74) is 8.87. The quantitative estimate of drug-likeness (QED) is 0.298. The number of amides is 1. The van der Waals surface area contributed by atoms with Crippen molar-refractivity contribution in [1.29, 1.82) is 0 Å². The van der Waals surface area contributed by atoms with E-state index in [1.165, 1.54) is 7.11 Å². The third-order valence-corrected chi connectivity index (χ3v) is 6.68. The molecule has 34 heavy (non-hydrogen) atoms. The predicted molar refractivity (Wildman–Crippen MR) is 139 cm³/mol. The normalized spacial score (nSPS) is 11.1. The fraction of sp³-hybridized carbons (Fsp3) is 0.167. The lowest BCUT2D eigenvalue weighted by atomic mass is 10.0. The van der Waals surface area contributed by atoms with E-state index in [9.17, 15) is 13.2 Å². The topological polar surface area (TPSA) is 123 Å². The monoisotopic (exact) mass is 500 g/mol. The third kappa shape index (κ3) is 5.00. The van der Waals surface area contributed by atoms with Crippen LogP contribution < -0.4 is 20.5 Å². The molecule has 0 bridgehead atoms. The number of primary amides is 1. The number of nitrogens with one attached hydrogen (secondary N) is 2. The van der Waals surface area contributed by atoms with Gasteiger partial charge in [-0.05, 0) is 30.7 Å². The number of sulfonamides is 1. The van der Waals surface area contributed by atoms with Gasteiger partial charge < -0.3 is 15.8 Å². The van der Waals surface area contributed by atoms with Gasteiger partial charge in [0.2, 0.25) is 10.0 Å². The minimum atomic E-state index is -3.43. The first-order valence-corrected chi connectivity index (χ1v) is 12.0. The van der Waals surface area contributed by atoms with Gasteiger partial charge in [-0.3, -0.25) is 9.52 Å². The second kappa shape index (κ2) is 10.1. The molecule has 1 aromatic heterocycles. The number of nitrogens with two attached hydrogens (primary N) is 1. The first-order chi connectivity index (χ1) is 15.8. The molecule has 0 aliphatic carbocycles. The Morgan fingerprint density at radius 2 is 1.79 bits per heavy atom. The highest BCUT2D eigenvalue weighted by Crippen LogP contribution is 2.37. The summed E-state index contributed by atoms with van der Waals surface area (Å²) < 4.78 is 32.4. The van der Waals surface area contributed by atoms with E-state index in [4.69, 9.17) is 10.5 Å². The van der Waals surface area contributed by atoms with Gasteiger partial charge in [0.05, 0.1) is 46.5 Å². The average molecular weight is 501 g/mol. The molecule has 0 aliphatic rings. The zero-order valence-electron chi connectivity index (χ0n) is 18.7. The lowest BCUT2D eigenvalue weighted by Gasteiger charge is -2.17. The molecule has 1 amide bonds. The van der Waals surface area contributed by atoms with Crippen LogP contribution in [-0.2, 0) is 10.0 Å². The van der Waals surface area contributed by atoms with Gasteiger partial charge in [-0.15, -0.1) is 12.4 Å². The van der Waals surface area contributed by atoms with Crippen LogP contribution in [0.2, 0.25) is 0 Å². The van der Waals surface area contributed by atoms with Gasteiger partial charge in [-0.2, -0.15) is 0 Å². The van der Waals surface area contributed by atoms with Crippen LogP contribution >= 0.6 is 12.4 Å². The van der Waals surface area contributed by atoms with Crippen LogP contribution in [0.4, 0.5) is 17.1 Å². The molecular weight excluding hydrogens is 476 g/mol. The number of hydrogen-bond donors (Lipinski definition) is 3. The number of halogens is 1. The molecule has 4 rings (SSSR count). The minimum absolute atomic E-state index is 0. The minimum Gasteiger partial charge on any atom is -0.494 e. The highest BCUT2D eigenvalue weighted by molar-refractivity contribution is 7.92. The van der Waals surface area contributed by atoms with E-state index in [1.54, 1.807) is 37.3 Å². The number of carbonyl (C=O) groups is 1. The molecule has 0 spiro atoms. The molecule has 0 aliphatic heterocycles. The van der Waals surface area contributed by atoms with Gasteiger partial charge >= 0.3 is 0 Å². The van der Waals surface area contributed by atoms with Crippen molar-refractivity contribution in [1.82, 2.24) is 4.98 Å². The fourth-order valence-electron chi connectivity index (χ4n) is 3.74. The second-order valence-electron chi connectivity index (χ2n) is 7.53. The Kier molecular flexibility index (Phi) is 7.48. The number of nitrogens with zero attached hydrogens (tertiary/aromatic N) is 1. The van der Waals surface area contributed by atoms with Gasteiger partial charge in [0.25, 0.3) is 5.91 Å². The van der Waals surface area contributed by atoms with Crippen molar-refractivity contribution < 1.29 is 17.9 Å². The van der Waals surface area contributed by atoms with Crippen molar-refractivity contribution in [2.24, 2.45) is 5.73 Å². The van der Waals surface area contributed by atoms with Gasteiger partial charge in [0.1, 0.15) is 5.75 Å². The van der Waals surface area contributed by atoms with Gasteiger partial charge in [-0.25, -0.2) is 13.4 Å². The Balaban J connectivity index is 0.00000324. The molecule has 0 atom stereocenters. The van der Waals surface area contributed by atoms with Crippen LogP contribution in [0.1, 0.15) is 23.7 Å². The molecule has 4 N–H and O–H groups in total. The van der Waals surface area contributed by atoms with Crippen LogP contribution in [0.25, 0.3) is 21.8 Å². The lowest BCUT2D eigenvalue weighted by molar-refractivity contribution is 0.100. The number of hydrogen-bond acceptors (Lipinski definition) is 6. The molecule has 0 radical (unpaired) electrons. The average Bonchev–Trinajstić information content (AvgIpc) is 2.78. The van der Waals surface area contributed by atoms with Gasteiger partial charge in [0, 0.05) is 16.8 Å². The summed E-state index contributed by atoms with van der Waals surface area (Å²) in [6, 6.07) is 17.9. The molecule has 178 valence electrons. The van der Waals surface area contributed by atoms with E-state index in [-0.39, 0.29) is 18.2 Å². The molecule has 3 aromatic carbocycles. The third-order valence-electron chi connectivity index (χ3n) is 5.18. The Hall–Kier alpha value is -3.56. The number of anilines is 3. The van der Waals surface area contributed by atoms with Crippen molar-refractivity contribution >= 4 is 67.2 Å². The van der Waals surface area contributed by atoms with E-state index >= 15 is 0 Å². The fourth-order valence-corrected chi connectivity index (χ4v) is 4.86. The van der Waals surface area contributed by atoms with Crippen LogP contribution in [0.3, 0.4) is 0 Å². The summed E-state index contributed by atoms with van der Waals surface area (Å²) in [4.78, 5) is 16.7. The molecule has 4 aromatic rings. The number of methoxy groups -OCH3 is 1. The predicted octanol–water partition coefficient (Wildman–Crippen LogP) is 4.81. The number of fused-ring (bicyclic) bond motifs is 2. The van der Waals surface area contributed by atoms with Crippen molar-refractivity contribution in [3.63, 3.8) is 0 Å². The number of carbonyl (C=O) groups excluding carboxylic acids is 1. The van der Waals surface area contributed by atoms with Crippen LogP contribution in [-0.4, -0.2) is 32.2 Å². The smallest absolute Gasteiger partial charge is 0.250 e. The molecule has 0 saturated heterocycles. The summed E-state index contributed by atoms with van der Waals surface area (Å²) in [6.45, 7) is 1.81. The molecule has 8 nitrogen and oxygen atoms in total. The largest absolute Gasteiger partial charge is 0.494 e. The van der Waals surface area contributed by atoms with Crippen LogP contribution in [0, 0.1) is 0 Å². The summed E-state index contributed by atoms with van der Waals surface area (Å²) >= 11 is 0. The first-order valence-electron chi connectivity index (χ1n) is 10.4. The molecule has 0 fully saturated rings. The van der Waals surface area contributed by atoms with Crippen molar-refractivity contribution in [2.75, 3.05) is 22.9 Å². The maximum absolute atomic E-state index is 12.1. The Labute approximate surface area is 204 Å². The summed E-state index contributed by atoms with van der Waals surface area (Å²) in [7, 11) is -1.92. The Bertz CT molecular complexity index is 1480. The Morgan fingerprint density at radius 3 is 2.50 bits per heavy atom. The van der Waals surface area contributed by atoms with Gasteiger partial charge in [-0.1, -0.05) is 37.3 Å². The summed E-state index contributed by atoms with van der Waals surface area (Å²) in [5, 5.41) is 4.97. The summed E-state index contributed by atoms with van der Waals surface area (Å²) in [6.07, 6.45) is 0.515. The zero-order chi connectivity index (χ0) is 23.6. The SMILES string of the molecule is CCCS(=O)(=O)Nc1ccc(Nc2c3ccccc3nc3c(C(N)=O)cccc23)c(OC)c1.Cl. The Morgan fingerprint density at radius 1 is 1.06 bits per heavy atom. The van der Waals surface area contributed by atoms with Crippen LogP contribution in [0.5, 0.6) is 5.75 Å². The molecule has 10 heteroatoms. The van der Waals surface area contributed by atoms with Crippen molar-refractivity contribution in [3.8, 4) is 5.75 Å². The summed E-state index contributed by atoms with van der Waals surface area (Å²) in [5.74, 6) is -0.0746. The molecule has 0 saturated carbocycles. The highest BCUT2D eigenvalue weighted by atomic mass is 35.5. The number of aromatic nitrogens is 1. The number of ether oxygens (including phenoxy) is 1. The zero-order valence-corrected chi connectivity index (χ0v) is 20.3. The number of rotatable bonds is 8. The van der Waals surface area contributed by atoms with Crippen molar-refractivity contribution in [3.05, 3.63) is 66.2 Å². The maximum Gasteiger partial charge on any atom is 0.250 e. The van der Waals surface area contributed by atoms with E-state index in [0.717, 1.165) is 16.5 Å². The molecule has 0 unspecified atom stereocenters. The van der Waals surface area contributed by atoms with Crippen LogP contribution in [0.15, 0.2) is 60.7 Å². The second-order valence-corrected chi connectivity index (χ2v) is 9.37. The van der Waals surface area contributed by atoms with E-state index in [1.807, 2.05) is 30.3 Å². The number of para-hydroxylation sites is 2. The standard InChI is InChI=1S/C24H24N4O4S.ClH/c1-3-13-33(30,31)28-15-11-12-20(21(14-15)32-2)27-22-16-7-4-5-10-19(16)26-23-17(22)8-6-9-18(23)24(25)29;/h4-12,14,28H,3,13H2,1-2H3,(H2,25,29)(H,26,27);1H. The lowest BCUT2D eigenvalue weighted by Crippen LogP contribution is -2.16. The van der Waals surface area contributed by atoms with E-state index < -0.39 is 15.9 Å². The molecule has 1 heterocycles. The van der Waals surface area contributed by atoms with Crippen molar-refractivity contribution in [2.45, 2.75) is 13.3 Å².